The first-order valence-electron chi connectivity index (χ1n) is 5.78. The lowest BCUT2D eigenvalue weighted by Crippen LogP contribution is -1.96. The summed E-state index contributed by atoms with van der Waals surface area (Å²) in [5.41, 5.74) is 7.08. The predicted molar refractivity (Wildman–Crippen MR) is 69.5 cm³/mol. The number of ether oxygens (including phenoxy) is 1. The zero-order chi connectivity index (χ0) is 13.2. The van der Waals surface area contributed by atoms with Crippen molar-refractivity contribution in [1.29, 1.82) is 0 Å². The minimum atomic E-state index is 0.222. The van der Waals surface area contributed by atoms with Crippen LogP contribution in [0.2, 0.25) is 0 Å². The second-order valence-corrected chi connectivity index (χ2v) is 3.93. The molecule has 0 unspecified atom stereocenters. The maximum Gasteiger partial charge on any atom is 0.240 e. The molecule has 6 nitrogen and oxygen atoms in total. The molecule has 0 aliphatic carbocycles. The van der Waals surface area contributed by atoms with E-state index in [-0.39, 0.29) is 6.54 Å². The Bertz CT molecular complexity index is 723. The molecule has 1 aromatic carbocycles. The molecule has 0 aliphatic rings. The van der Waals surface area contributed by atoms with Crippen molar-refractivity contribution in [2.24, 2.45) is 5.73 Å². The Balaban J connectivity index is 2.24. The second-order valence-electron chi connectivity index (χ2n) is 3.93. The molecule has 3 rings (SSSR count). The topological polar surface area (TPSA) is 87.1 Å². The molecule has 96 valence electrons. The predicted octanol–water partition coefficient (Wildman–Crippen LogP) is 1.75. The summed E-state index contributed by atoms with van der Waals surface area (Å²) in [5.74, 6) is 1.62. The lowest BCUT2D eigenvalue weighted by atomic mass is 10.1. The van der Waals surface area contributed by atoms with Crippen LogP contribution in [0.15, 0.2) is 35.0 Å². The zero-order valence-electron chi connectivity index (χ0n) is 10.3. The Morgan fingerprint density at radius 1 is 1.32 bits per heavy atom. The summed E-state index contributed by atoms with van der Waals surface area (Å²) in [5, 5.41) is 4.84. The van der Waals surface area contributed by atoms with Crippen LogP contribution >= 0.6 is 0 Å². The van der Waals surface area contributed by atoms with Crippen molar-refractivity contribution in [2.75, 3.05) is 7.11 Å². The molecule has 0 amide bonds. The third-order valence-electron chi connectivity index (χ3n) is 2.84. The fourth-order valence-corrected chi connectivity index (χ4v) is 1.95. The number of nitrogens with zero attached hydrogens (tertiary/aromatic N) is 3. The summed E-state index contributed by atoms with van der Waals surface area (Å²) >= 11 is 0. The van der Waals surface area contributed by atoms with Crippen molar-refractivity contribution in [3.63, 3.8) is 0 Å². The summed E-state index contributed by atoms with van der Waals surface area (Å²) < 4.78 is 10.3. The first-order chi connectivity index (χ1) is 9.33. The van der Waals surface area contributed by atoms with Gasteiger partial charge in [0.1, 0.15) is 11.3 Å². The van der Waals surface area contributed by atoms with Crippen LogP contribution < -0.4 is 10.5 Å². The Morgan fingerprint density at radius 3 is 2.95 bits per heavy atom. The maximum absolute atomic E-state index is 5.47. The highest BCUT2D eigenvalue weighted by Crippen LogP contribution is 2.31. The number of pyridine rings is 1. The number of methoxy groups -OCH3 is 1. The summed E-state index contributed by atoms with van der Waals surface area (Å²) in [4.78, 5) is 8.56. The summed E-state index contributed by atoms with van der Waals surface area (Å²) in [6.07, 6.45) is 1.72. The van der Waals surface area contributed by atoms with Gasteiger partial charge < -0.3 is 15.0 Å². The van der Waals surface area contributed by atoms with E-state index >= 15 is 0 Å². The molecule has 0 spiro atoms. The van der Waals surface area contributed by atoms with Gasteiger partial charge >= 0.3 is 0 Å². The van der Waals surface area contributed by atoms with Crippen LogP contribution in [0.5, 0.6) is 5.75 Å². The van der Waals surface area contributed by atoms with Gasteiger partial charge in [-0.2, -0.15) is 4.98 Å². The van der Waals surface area contributed by atoms with Gasteiger partial charge in [0.05, 0.1) is 13.7 Å². The van der Waals surface area contributed by atoms with Gasteiger partial charge in [-0.1, -0.05) is 11.2 Å². The quantitative estimate of drug-likeness (QED) is 0.768. The molecule has 2 aromatic heterocycles. The molecule has 0 bridgehead atoms. The summed E-state index contributed by atoms with van der Waals surface area (Å²) in [6.45, 7) is 0.222. The van der Waals surface area contributed by atoms with E-state index in [4.69, 9.17) is 15.0 Å². The highest BCUT2D eigenvalue weighted by atomic mass is 16.5. The van der Waals surface area contributed by atoms with Crippen LogP contribution in [-0.4, -0.2) is 22.2 Å². The van der Waals surface area contributed by atoms with Gasteiger partial charge in [-0.3, -0.25) is 4.98 Å². The van der Waals surface area contributed by atoms with Gasteiger partial charge in [-0.25, -0.2) is 0 Å². The van der Waals surface area contributed by atoms with Gasteiger partial charge in [0.2, 0.25) is 11.7 Å². The molecule has 0 atom stereocenters. The van der Waals surface area contributed by atoms with E-state index < -0.39 is 0 Å². The fourth-order valence-electron chi connectivity index (χ4n) is 1.95. The molecule has 0 fully saturated rings. The van der Waals surface area contributed by atoms with Crippen molar-refractivity contribution in [3.05, 3.63) is 36.4 Å². The molecular formula is C13H12N4O2. The monoisotopic (exact) mass is 256 g/mol. The van der Waals surface area contributed by atoms with E-state index in [1.54, 1.807) is 13.3 Å². The molecule has 2 heterocycles. The molecule has 2 N–H and O–H groups in total. The summed E-state index contributed by atoms with van der Waals surface area (Å²) in [6, 6.07) is 7.52. The SMILES string of the molecule is COc1ccc(-c2noc(CN)n2)c2cccnc12. The van der Waals surface area contributed by atoms with Crippen LogP contribution in [-0.2, 0) is 6.54 Å². The van der Waals surface area contributed by atoms with Crippen LogP contribution in [0.1, 0.15) is 5.89 Å². The van der Waals surface area contributed by atoms with Gasteiger partial charge in [-0.15, -0.1) is 0 Å². The van der Waals surface area contributed by atoms with E-state index in [9.17, 15) is 0 Å². The third kappa shape index (κ3) is 1.92. The molecule has 0 saturated carbocycles. The van der Waals surface area contributed by atoms with Crippen LogP contribution in [0.4, 0.5) is 0 Å². The highest BCUT2D eigenvalue weighted by molar-refractivity contribution is 5.96. The third-order valence-corrected chi connectivity index (χ3v) is 2.84. The molecule has 19 heavy (non-hydrogen) atoms. The molecule has 0 aliphatic heterocycles. The van der Waals surface area contributed by atoms with Crippen molar-refractivity contribution in [2.45, 2.75) is 6.54 Å². The van der Waals surface area contributed by atoms with E-state index in [2.05, 4.69) is 15.1 Å². The zero-order valence-corrected chi connectivity index (χ0v) is 10.3. The van der Waals surface area contributed by atoms with Crippen LogP contribution in [0.25, 0.3) is 22.3 Å². The maximum atomic E-state index is 5.47. The number of aromatic nitrogens is 3. The first-order valence-corrected chi connectivity index (χ1v) is 5.78. The van der Waals surface area contributed by atoms with Crippen molar-refractivity contribution in [3.8, 4) is 17.1 Å². The first kappa shape index (κ1) is 11.6. The fraction of sp³-hybridized carbons (Fsp3) is 0.154. The Morgan fingerprint density at radius 2 is 2.21 bits per heavy atom. The number of nitrogens with two attached hydrogens (primary N) is 1. The number of hydrogen-bond acceptors (Lipinski definition) is 6. The minimum Gasteiger partial charge on any atom is -0.494 e. The largest absolute Gasteiger partial charge is 0.494 e. The lowest BCUT2D eigenvalue weighted by molar-refractivity contribution is 0.380. The van der Waals surface area contributed by atoms with Gasteiger partial charge in [-0.05, 0) is 18.2 Å². The Hall–Kier alpha value is -2.47. The van der Waals surface area contributed by atoms with Gasteiger partial charge in [0, 0.05) is 17.1 Å². The Kier molecular flexibility index (Phi) is 2.85. The number of hydrogen-bond donors (Lipinski definition) is 1. The van der Waals surface area contributed by atoms with E-state index in [1.807, 2.05) is 24.3 Å². The van der Waals surface area contributed by atoms with Crippen molar-refractivity contribution in [1.82, 2.24) is 15.1 Å². The van der Waals surface area contributed by atoms with E-state index in [0.29, 0.717) is 17.5 Å². The van der Waals surface area contributed by atoms with Crippen LogP contribution in [0.3, 0.4) is 0 Å². The van der Waals surface area contributed by atoms with E-state index in [0.717, 1.165) is 16.5 Å². The van der Waals surface area contributed by atoms with Crippen molar-refractivity contribution < 1.29 is 9.26 Å². The normalized spacial score (nSPS) is 10.8. The van der Waals surface area contributed by atoms with Gasteiger partial charge in [0.25, 0.3) is 0 Å². The molecule has 6 heteroatoms. The van der Waals surface area contributed by atoms with Crippen molar-refractivity contribution >= 4 is 10.9 Å². The number of benzene rings is 1. The van der Waals surface area contributed by atoms with Gasteiger partial charge in [0.15, 0.2) is 0 Å². The number of fused-ring (bicyclic) bond motifs is 1. The Labute approximate surface area is 109 Å². The molecular weight excluding hydrogens is 244 g/mol. The average Bonchev–Trinajstić information content (AvgIpc) is 2.95. The second kappa shape index (κ2) is 4.66. The van der Waals surface area contributed by atoms with Crippen LogP contribution in [0, 0.1) is 0 Å². The summed E-state index contributed by atoms with van der Waals surface area (Å²) in [7, 11) is 1.62. The lowest BCUT2D eigenvalue weighted by Gasteiger charge is -2.06. The highest BCUT2D eigenvalue weighted by Gasteiger charge is 2.13. The minimum absolute atomic E-state index is 0.222. The molecule has 0 saturated heterocycles. The average molecular weight is 256 g/mol. The molecule has 0 radical (unpaired) electrons. The smallest absolute Gasteiger partial charge is 0.240 e. The standard InChI is InChI=1S/C13H12N4O2/c1-18-10-5-4-9(8-3-2-6-15-12(8)10)13-16-11(7-14)19-17-13/h2-6H,7,14H2,1H3. The molecule has 3 aromatic rings. The number of rotatable bonds is 3. The van der Waals surface area contributed by atoms with E-state index in [1.165, 1.54) is 0 Å².